The lowest BCUT2D eigenvalue weighted by Crippen LogP contribution is -2.28. The number of amides is 1. The minimum atomic E-state index is -0.0709. The fraction of sp³-hybridized carbons (Fsp3) is 0.286. The van der Waals surface area contributed by atoms with Crippen LogP contribution in [0.5, 0.6) is 5.75 Å². The van der Waals surface area contributed by atoms with Crippen LogP contribution in [-0.2, 0) is 11.3 Å². The molecule has 1 heterocycles. The number of ether oxygens (including phenoxy) is 1. The molecular formula is C14H18N6O2S. The molecule has 2 rings (SSSR count). The Labute approximate surface area is 138 Å². The van der Waals surface area contributed by atoms with Crippen LogP contribution in [0.3, 0.4) is 0 Å². The first-order chi connectivity index (χ1) is 11.0. The van der Waals surface area contributed by atoms with Gasteiger partial charge in [-0.2, -0.15) is 15.0 Å². The highest BCUT2D eigenvalue weighted by atomic mass is 32.2. The summed E-state index contributed by atoms with van der Waals surface area (Å²) in [5.74, 6) is 0.926. The van der Waals surface area contributed by atoms with E-state index in [1.807, 2.05) is 24.3 Å². The van der Waals surface area contributed by atoms with Gasteiger partial charge in [0.05, 0.1) is 12.9 Å². The number of para-hydroxylation sites is 1. The molecule has 0 saturated carbocycles. The van der Waals surface area contributed by atoms with Crippen molar-refractivity contribution >= 4 is 29.6 Å². The first kappa shape index (κ1) is 16.8. The molecule has 0 fully saturated rings. The third kappa shape index (κ3) is 4.71. The van der Waals surface area contributed by atoms with Crippen LogP contribution in [-0.4, -0.2) is 45.7 Å². The van der Waals surface area contributed by atoms with Crippen LogP contribution < -0.4 is 16.2 Å². The van der Waals surface area contributed by atoms with Crippen LogP contribution in [0.15, 0.2) is 29.4 Å². The van der Waals surface area contributed by atoms with Crippen LogP contribution in [0.1, 0.15) is 5.56 Å². The van der Waals surface area contributed by atoms with Crippen molar-refractivity contribution in [2.45, 2.75) is 11.7 Å². The van der Waals surface area contributed by atoms with E-state index in [0.717, 1.165) is 23.1 Å². The molecule has 1 aromatic heterocycles. The lowest BCUT2D eigenvalue weighted by Gasteiger charge is -2.18. The summed E-state index contributed by atoms with van der Waals surface area (Å²) in [6.07, 6.45) is 0. The molecule has 0 atom stereocenters. The third-order valence-corrected chi connectivity index (χ3v) is 3.83. The van der Waals surface area contributed by atoms with Gasteiger partial charge in [-0.3, -0.25) is 4.79 Å². The number of nitrogen functional groups attached to an aromatic ring is 2. The summed E-state index contributed by atoms with van der Waals surface area (Å²) < 4.78 is 5.28. The van der Waals surface area contributed by atoms with Crippen molar-refractivity contribution in [1.82, 2.24) is 19.9 Å². The zero-order chi connectivity index (χ0) is 16.8. The average Bonchev–Trinajstić information content (AvgIpc) is 2.52. The normalized spacial score (nSPS) is 10.3. The highest BCUT2D eigenvalue weighted by molar-refractivity contribution is 7.99. The molecule has 0 aliphatic heterocycles. The molecule has 0 spiro atoms. The molecule has 23 heavy (non-hydrogen) atoms. The number of carbonyl (C=O) groups is 1. The number of thioether (sulfide) groups is 1. The largest absolute Gasteiger partial charge is 0.496 e. The Morgan fingerprint density at radius 3 is 2.52 bits per heavy atom. The maximum atomic E-state index is 12.2. The fourth-order valence-corrected chi connectivity index (χ4v) is 2.66. The van der Waals surface area contributed by atoms with Crippen molar-refractivity contribution in [2.24, 2.45) is 0 Å². The second-order valence-electron chi connectivity index (χ2n) is 4.68. The van der Waals surface area contributed by atoms with E-state index >= 15 is 0 Å². The van der Waals surface area contributed by atoms with Gasteiger partial charge in [0.25, 0.3) is 0 Å². The maximum absolute atomic E-state index is 12.2. The Morgan fingerprint density at radius 1 is 1.22 bits per heavy atom. The van der Waals surface area contributed by atoms with Crippen LogP contribution in [0.4, 0.5) is 11.9 Å². The number of nitrogens with zero attached hydrogens (tertiary/aromatic N) is 4. The molecule has 122 valence electrons. The van der Waals surface area contributed by atoms with Gasteiger partial charge in [-0.1, -0.05) is 30.0 Å². The van der Waals surface area contributed by atoms with Gasteiger partial charge < -0.3 is 21.1 Å². The van der Waals surface area contributed by atoms with Gasteiger partial charge in [0, 0.05) is 19.2 Å². The van der Waals surface area contributed by atoms with Crippen LogP contribution in [0.2, 0.25) is 0 Å². The van der Waals surface area contributed by atoms with Crippen molar-refractivity contribution in [3.05, 3.63) is 29.8 Å². The zero-order valence-corrected chi connectivity index (χ0v) is 13.7. The maximum Gasteiger partial charge on any atom is 0.233 e. The van der Waals surface area contributed by atoms with Gasteiger partial charge in [0.1, 0.15) is 5.75 Å². The lowest BCUT2D eigenvalue weighted by molar-refractivity contribution is -0.127. The molecule has 0 unspecified atom stereocenters. The molecule has 8 nitrogen and oxygen atoms in total. The van der Waals surface area contributed by atoms with Gasteiger partial charge >= 0.3 is 0 Å². The number of methoxy groups -OCH3 is 1. The van der Waals surface area contributed by atoms with Gasteiger partial charge in [-0.05, 0) is 6.07 Å². The number of benzene rings is 1. The Kier molecular flexibility index (Phi) is 5.58. The molecule has 1 aromatic carbocycles. The van der Waals surface area contributed by atoms with Crippen molar-refractivity contribution < 1.29 is 9.53 Å². The Bertz CT molecular complexity index is 676. The standard InChI is InChI=1S/C14H18N6O2S/c1-20(7-9-5-3-4-6-10(9)22-2)11(21)8-23-14-18-12(15)17-13(16)19-14/h3-6H,7-8H2,1-2H3,(H4,15,16,17,18,19). The Balaban J connectivity index is 1.94. The zero-order valence-electron chi connectivity index (χ0n) is 12.9. The van der Waals surface area contributed by atoms with E-state index in [1.165, 1.54) is 0 Å². The predicted octanol–water partition coefficient (Wildman–Crippen LogP) is 0.795. The first-order valence-corrected chi connectivity index (χ1v) is 7.74. The molecule has 0 aliphatic carbocycles. The molecule has 4 N–H and O–H groups in total. The Hall–Kier alpha value is -2.55. The topological polar surface area (TPSA) is 120 Å². The summed E-state index contributed by atoms with van der Waals surface area (Å²) in [5.41, 5.74) is 11.9. The summed E-state index contributed by atoms with van der Waals surface area (Å²) in [6.45, 7) is 0.449. The number of hydrogen-bond acceptors (Lipinski definition) is 8. The second-order valence-corrected chi connectivity index (χ2v) is 5.63. The van der Waals surface area contributed by atoms with Crippen LogP contribution in [0.25, 0.3) is 0 Å². The van der Waals surface area contributed by atoms with E-state index in [4.69, 9.17) is 16.2 Å². The summed E-state index contributed by atoms with van der Waals surface area (Å²) >= 11 is 1.16. The van der Waals surface area contributed by atoms with Gasteiger partial charge in [0.15, 0.2) is 5.16 Å². The van der Waals surface area contributed by atoms with Crippen molar-refractivity contribution in [3.8, 4) is 5.75 Å². The van der Waals surface area contributed by atoms with E-state index in [0.29, 0.717) is 11.7 Å². The molecule has 0 saturated heterocycles. The van der Waals surface area contributed by atoms with Crippen molar-refractivity contribution in [2.75, 3.05) is 31.4 Å². The number of carbonyl (C=O) groups excluding carboxylic acids is 1. The summed E-state index contributed by atoms with van der Waals surface area (Å²) in [7, 11) is 3.33. The number of anilines is 2. The highest BCUT2D eigenvalue weighted by Gasteiger charge is 2.13. The fourth-order valence-electron chi connectivity index (χ4n) is 1.87. The molecule has 9 heteroatoms. The second kappa shape index (κ2) is 7.63. The van der Waals surface area contributed by atoms with Crippen molar-refractivity contribution in [1.29, 1.82) is 0 Å². The smallest absolute Gasteiger partial charge is 0.233 e. The van der Waals surface area contributed by atoms with E-state index in [-0.39, 0.29) is 23.6 Å². The van der Waals surface area contributed by atoms with Crippen LogP contribution in [0, 0.1) is 0 Å². The van der Waals surface area contributed by atoms with Gasteiger partial charge in [0.2, 0.25) is 17.8 Å². The number of aromatic nitrogens is 3. The average molecular weight is 334 g/mol. The monoisotopic (exact) mass is 334 g/mol. The van der Waals surface area contributed by atoms with Gasteiger partial charge in [-0.15, -0.1) is 0 Å². The summed E-state index contributed by atoms with van der Waals surface area (Å²) in [4.78, 5) is 25.4. The van der Waals surface area contributed by atoms with Crippen LogP contribution >= 0.6 is 11.8 Å². The lowest BCUT2D eigenvalue weighted by atomic mass is 10.2. The molecule has 0 radical (unpaired) electrons. The van der Waals surface area contributed by atoms with E-state index in [1.54, 1.807) is 19.1 Å². The van der Waals surface area contributed by atoms with E-state index < -0.39 is 0 Å². The third-order valence-electron chi connectivity index (χ3n) is 3.00. The number of hydrogen-bond donors (Lipinski definition) is 2. The Morgan fingerprint density at radius 2 is 1.87 bits per heavy atom. The quantitative estimate of drug-likeness (QED) is 0.744. The molecular weight excluding hydrogens is 316 g/mol. The SMILES string of the molecule is COc1ccccc1CN(C)C(=O)CSc1nc(N)nc(N)n1. The van der Waals surface area contributed by atoms with Crippen molar-refractivity contribution in [3.63, 3.8) is 0 Å². The summed E-state index contributed by atoms with van der Waals surface area (Å²) in [6, 6.07) is 7.57. The predicted molar refractivity (Wildman–Crippen MR) is 88.8 cm³/mol. The minimum absolute atomic E-state index is 0.0369. The van der Waals surface area contributed by atoms with E-state index in [2.05, 4.69) is 15.0 Å². The first-order valence-electron chi connectivity index (χ1n) is 6.75. The summed E-state index contributed by atoms with van der Waals surface area (Å²) in [5, 5.41) is 0.328. The molecule has 1 amide bonds. The number of rotatable bonds is 6. The minimum Gasteiger partial charge on any atom is -0.496 e. The van der Waals surface area contributed by atoms with Gasteiger partial charge in [-0.25, -0.2) is 0 Å². The number of nitrogens with two attached hydrogens (primary N) is 2. The molecule has 2 aromatic rings. The highest BCUT2D eigenvalue weighted by Crippen LogP contribution is 2.20. The molecule has 0 aliphatic rings. The van der Waals surface area contributed by atoms with E-state index in [9.17, 15) is 4.79 Å². The molecule has 0 bridgehead atoms.